The van der Waals surface area contributed by atoms with Crippen LogP contribution < -0.4 is 5.56 Å². The summed E-state index contributed by atoms with van der Waals surface area (Å²) in [6.07, 6.45) is 7.58. The predicted octanol–water partition coefficient (Wildman–Crippen LogP) is 2.01. The van der Waals surface area contributed by atoms with Crippen LogP contribution in [0.2, 0.25) is 0 Å². The fourth-order valence-electron chi connectivity index (χ4n) is 5.08. The highest BCUT2D eigenvalue weighted by Gasteiger charge is 2.36. The molecule has 0 bridgehead atoms. The van der Waals surface area contributed by atoms with Crippen LogP contribution in [0.25, 0.3) is 16.9 Å². The minimum absolute atomic E-state index is 0.0663. The molecule has 35 heavy (non-hydrogen) atoms. The normalized spacial score (nSPS) is 20.5. The Labute approximate surface area is 203 Å². The van der Waals surface area contributed by atoms with Crippen molar-refractivity contribution in [2.45, 2.75) is 38.3 Å². The quantitative estimate of drug-likeness (QED) is 0.563. The molecule has 0 spiro atoms. The summed E-state index contributed by atoms with van der Waals surface area (Å²) in [5, 5.41) is 4.59. The van der Waals surface area contributed by atoms with Crippen LogP contribution in [0.5, 0.6) is 0 Å². The van der Waals surface area contributed by atoms with Gasteiger partial charge in [0.05, 0.1) is 22.9 Å². The van der Waals surface area contributed by atoms with Crippen LogP contribution in [0, 0.1) is 5.92 Å². The van der Waals surface area contributed by atoms with Crippen LogP contribution in [0.1, 0.15) is 36.0 Å². The van der Waals surface area contributed by atoms with Gasteiger partial charge in [-0.2, -0.15) is 9.78 Å². The van der Waals surface area contributed by atoms with E-state index in [0.29, 0.717) is 55.2 Å². The van der Waals surface area contributed by atoms with E-state index in [0.717, 1.165) is 32.3 Å². The Hall–Kier alpha value is -3.46. The molecule has 182 valence electrons. The number of carbonyl (C=O) groups excluding carboxylic acids is 2. The van der Waals surface area contributed by atoms with E-state index in [2.05, 4.69) is 5.10 Å². The number of fused-ring (bicyclic) bond motifs is 1. The average molecular weight is 476 g/mol. The lowest BCUT2D eigenvalue weighted by molar-refractivity contribution is -0.134. The maximum Gasteiger partial charge on any atom is 0.282 e. The summed E-state index contributed by atoms with van der Waals surface area (Å²) in [4.78, 5) is 43.1. The molecule has 2 saturated heterocycles. The number of ether oxygens (including phenoxy) is 1. The minimum atomic E-state index is -0.248. The number of hydrogen-bond donors (Lipinski definition) is 0. The highest BCUT2D eigenvalue weighted by Crippen LogP contribution is 2.31. The molecule has 0 radical (unpaired) electrons. The van der Waals surface area contributed by atoms with Crippen LogP contribution in [-0.4, -0.2) is 74.9 Å². The lowest BCUT2D eigenvalue weighted by Gasteiger charge is -2.35. The Morgan fingerprint density at radius 3 is 2.40 bits per heavy atom. The van der Waals surface area contributed by atoms with Gasteiger partial charge in [0, 0.05) is 57.6 Å². The second kappa shape index (κ2) is 8.96. The first-order valence-corrected chi connectivity index (χ1v) is 12.5. The van der Waals surface area contributed by atoms with E-state index in [1.165, 1.54) is 4.68 Å². The number of hydrogen-bond acceptors (Lipinski definition) is 5. The van der Waals surface area contributed by atoms with Gasteiger partial charge in [0.15, 0.2) is 0 Å². The van der Waals surface area contributed by atoms with E-state index < -0.39 is 0 Å². The SMILES string of the molecule is O=C(c1cn(C[C@H]2CCCO2)cc2c(=O)n(-c3ccccc3)nc1-2)N1CCN(C(=O)C2CC2)CC1. The Morgan fingerprint density at radius 1 is 0.971 bits per heavy atom. The predicted molar refractivity (Wildman–Crippen MR) is 129 cm³/mol. The van der Waals surface area contributed by atoms with Gasteiger partial charge in [-0.3, -0.25) is 14.4 Å². The Morgan fingerprint density at radius 2 is 1.71 bits per heavy atom. The molecule has 4 heterocycles. The number of rotatable bonds is 5. The Kier molecular flexibility index (Phi) is 5.64. The standard InChI is InChI=1S/C26H29N5O4/c32-24(18-8-9-18)29-10-12-30(13-11-29)25(33)21-16-28(15-20-7-4-14-35-20)17-22-23(21)27-31(26(22)34)19-5-2-1-3-6-19/h1-3,5-6,16-18,20H,4,7-15H2/t20-/m1/s1. The second-order valence-corrected chi connectivity index (χ2v) is 9.71. The number of benzene rings is 1. The molecule has 1 aromatic rings. The monoisotopic (exact) mass is 475 g/mol. The summed E-state index contributed by atoms with van der Waals surface area (Å²) >= 11 is 0. The van der Waals surface area contributed by atoms with E-state index in [-0.39, 0.29) is 29.4 Å². The first-order valence-electron chi connectivity index (χ1n) is 12.5. The van der Waals surface area contributed by atoms with Gasteiger partial charge in [-0.05, 0) is 37.8 Å². The molecule has 0 unspecified atom stereocenters. The van der Waals surface area contributed by atoms with Crippen molar-refractivity contribution in [1.29, 1.82) is 0 Å². The zero-order valence-electron chi connectivity index (χ0n) is 19.6. The number of para-hydroxylation sites is 1. The van der Waals surface area contributed by atoms with Gasteiger partial charge in [-0.1, -0.05) is 18.2 Å². The minimum Gasteiger partial charge on any atom is -0.376 e. The fraction of sp³-hybridized carbons (Fsp3) is 0.462. The van der Waals surface area contributed by atoms with Crippen molar-refractivity contribution in [3.63, 3.8) is 0 Å². The Balaban J connectivity index is 1.33. The largest absolute Gasteiger partial charge is 0.376 e. The summed E-state index contributed by atoms with van der Waals surface area (Å²) < 4.78 is 9.06. The summed E-state index contributed by atoms with van der Waals surface area (Å²) in [6, 6.07) is 9.24. The summed E-state index contributed by atoms with van der Waals surface area (Å²) in [5.41, 5.74) is 1.64. The van der Waals surface area contributed by atoms with Crippen LogP contribution >= 0.6 is 0 Å². The highest BCUT2D eigenvalue weighted by atomic mass is 16.5. The summed E-state index contributed by atoms with van der Waals surface area (Å²) in [5.74, 6) is 0.235. The van der Waals surface area contributed by atoms with E-state index >= 15 is 0 Å². The van der Waals surface area contributed by atoms with Crippen molar-refractivity contribution >= 4 is 11.8 Å². The molecule has 1 aliphatic carbocycles. The third kappa shape index (κ3) is 4.25. The molecule has 1 saturated carbocycles. The van der Waals surface area contributed by atoms with Gasteiger partial charge in [0.1, 0.15) is 5.69 Å². The van der Waals surface area contributed by atoms with Crippen molar-refractivity contribution in [3.05, 3.63) is 58.6 Å². The summed E-state index contributed by atoms with van der Waals surface area (Å²) in [6.45, 7) is 3.35. The first kappa shape index (κ1) is 22.0. The van der Waals surface area contributed by atoms with Gasteiger partial charge in [-0.15, -0.1) is 0 Å². The molecule has 3 fully saturated rings. The smallest absolute Gasteiger partial charge is 0.282 e. The molecular weight excluding hydrogens is 446 g/mol. The molecule has 0 N–H and O–H groups in total. The Bertz CT molecular complexity index is 1260. The van der Waals surface area contributed by atoms with Crippen molar-refractivity contribution in [3.8, 4) is 16.9 Å². The third-order valence-corrected chi connectivity index (χ3v) is 7.20. The number of amides is 2. The second-order valence-electron chi connectivity index (χ2n) is 9.71. The number of carbonyl (C=O) groups is 2. The first-order chi connectivity index (χ1) is 17.1. The van der Waals surface area contributed by atoms with E-state index in [4.69, 9.17) is 4.74 Å². The van der Waals surface area contributed by atoms with Crippen LogP contribution in [0.3, 0.4) is 0 Å². The molecule has 9 nitrogen and oxygen atoms in total. The highest BCUT2D eigenvalue weighted by molar-refractivity contribution is 6.00. The molecule has 0 aromatic heterocycles. The van der Waals surface area contributed by atoms with Gasteiger partial charge in [0.2, 0.25) is 5.91 Å². The third-order valence-electron chi connectivity index (χ3n) is 7.20. The molecule has 6 rings (SSSR count). The zero-order valence-corrected chi connectivity index (χ0v) is 19.6. The molecule has 1 atom stereocenters. The van der Waals surface area contributed by atoms with Crippen molar-refractivity contribution in [2.24, 2.45) is 5.92 Å². The number of nitrogens with zero attached hydrogens (tertiary/aromatic N) is 5. The molecule has 2 amide bonds. The van der Waals surface area contributed by atoms with Crippen LogP contribution in [-0.2, 0) is 16.1 Å². The molecule has 1 aromatic carbocycles. The van der Waals surface area contributed by atoms with Crippen molar-refractivity contribution < 1.29 is 14.3 Å². The summed E-state index contributed by atoms with van der Waals surface area (Å²) in [7, 11) is 0. The maximum absolute atomic E-state index is 13.7. The lowest BCUT2D eigenvalue weighted by Crippen LogP contribution is -2.51. The van der Waals surface area contributed by atoms with Crippen molar-refractivity contribution in [2.75, 3.05) is 32.8 Å². The van der Waals surface area contributed by atoms with E-state index in [1.807, 2.05) is 39.8 Å². The van der Waals surface area contributed by atoms with Gasteiger partial charge in [-0.25, -0.2) is 0 Å². The van der Waals surface area contributed by atoms with E-state index in [1.54, 1.807) is 17.3 Å². The maximum atomic E-state index is 13.7. The lowest BCUT2D eigenvalue weighted by atomic mass is 10.1. The zero-order chi connectivity index (χ0) is 23.9. The average Bonchev–Trinajstić information content (AvgIpc) is 3.53. The number of pyridine rings is 1. The fourth-order valence-corrected chi connectivity index (χ4v) is 5.08. The molecule has 5 aliphatic rings. The number of aromatic nitrogens is 3. The molecular formula is C26H29N5O4. The van der Waals surface area contributed by atoms with Gasteiger partial charge >= 0.3 is 0 Å². The van der Waals surface area contributed by atoms with E-state index in [9.17, 15) is 14.4 Å². The number of piperazine rings is 1. The molecule has 9 heteroatoms. The van der Waals surface area contributed by atoms with Crippen LogP contribution in [0.4, 0.5) is 0 Å². The van der Waals surface area contributed by atoms with Gasteiger partial charge in [0.25, 0.3) is 11.5 Å². The molecule has 4 aliphatic heterocycles. The van der Waals surface area contributed by atoms with Crippen molar-refractivity contribution in [1.82, 2.24) is 24.1 Å². The van der Waals surface area contributed by atoms with Crippen LogP contribution in [0.15, 0.2) is 47.5 Å². The van der Waals surface area contributed by atoms with Gasteiger partial charge < -0.3 is 19.1 Å². The topological polar surface area (TPSA) is 89.7 Å².